The van der Waals surface area contributed by atoms with E-state index in [9.17, 15) is 4.79 Å². The third-order valence-electron chi connectivity index (χ3n) is 3.30. The second-order valence-corrected chi connectivity index (χ2v) is 5.56. The molecule has 1 aromatic carbocycles. The van der Waals surface area contributed by atoms with Crippen LogP contribution in [0.3, 0.4) is 0 Å². The Labute approximate surface area is 125 Å². The highest BCUT2D eigenvalue weighted by Gasteiger charge is 2.13. The maximum atomic E-state index is 12.0. The summed E-state index contributed by atoms with van der Waals surface area (Å²) in [6.07, 6.45) is 1.21. The Balaban J connectivity index is 1.87. The zero-order valence-corrected chi connectivity index (χ0v) is 13.0. The van der Waals surface area contributed by atoms with Crippen molar-refractivity contribution in [1.29, 1.82) is 0 Å². The van der Waals surface area contributed by atoms with Gasteiger partial charge >= 0.3 is 0 Å². The van der Waals surface area contributed by atoms with Crippen molar-refractivity contribution in [2.24, 2.45) is 0 Å². The van der Waals surface area contributed by atoms with E-state index < -0.39 is 0 Å². The number of aromatic amines is 1. The molecule has 0 saturated heterocycles. The van der Waals surface area contributed by atoms with Gasteiger partial charge in [0.15, 0.2) is 5.82 Å². The van der Waals surface area contributed by atoms with Gasteiger partial charge in [-0.2, -0.15) is 5.10 Å². The monoisotopic (exact) mass is 286 g/mol. The molecule has 0 aliphatic heterocycles. The smallest absolute Gasteiger partial charge is 0.220 e. The molecule has 112 valence electrons. The van der Waals surface area contributed by atoms with E-state index in [1.165, 1.54) is 16.7 Å². The number of aryl methyl sites for hydroxylation is 4. The molecule has 0 bridgehead atoms. The summed E-state index contributed by atoms with van der Waals surface area (Å²) in [6, 6.07) is 6.21. The number of carbonyl (C=O) groups excluding carboxylic acids is 1. The lowest BCUT2D eigenvalue weighted by Crippen LogP contribution is -2.27. The first-order valence-corrected chi connectivity index (χ1v) is 7.19. The largest absolute Gasteiger partial charge is 0.346 e. The lowest BCUT2D eigenvalue weighted by molar-refractivity contribution is -0.121. The van der Waals surface area contributed by atoms with E-state index >= 15 is 0 Å². The van der Waals surface area contributed by atoms with Gasteiger partial charge in [-0.05, 0) is 39.7 Å². The van der Waals surface area contributed by atoms with E-state index in [-0.39, 0.29) is 11.9 Å². The van der Waals surface area contributed by atoms with Gasteiger partial charge < -0.3 is 5.32 Å². The van der Waals surface area contributed by atoms with Crippen molar-refractivity contribution >= 4 is 5.91 Å². The molecule has 2 aromatic rings. The highest BCUT2D eigenvalue weighted by molar-refractivity contribution is 5.76. The number of carbonyl (C=O) groups is 1. The Hall–Kier alpha value is -2.17. The first-order chi connectivity index (χ1) is 9.94. The Morgan fingerprint density at radius 2 is 1.90 bits per heavy atom. The van der Waals surface area contributed by atoms with Crippen LogP contribution in [0.1, 0.15) is 47.7 Å². The molecule has 0 unspecified atom stereocenters. The Morgan fingerprint density at radius 3 is 2.48 bits per heavy atom. The van der Waals surface area contributed by atoms with E-state index in [1.807, 2.05) is 13.8 Å². The normalized spacial score (nSPS) is 12.2. The van der Waals surface area contributed by atoms with Crippen LogP contribution in [0.15, 0.2) is 18.2 Å². The molecule has 0 aliphatic rings. The number of nitrogens with zero attached hydrogens (tertiary/aromatic N) is 2. The summed E-state index contributed by atoms with van der Waals surface area (Å²) in [6.45, 7) is 7.87. The number of nitrogens with one attached hydrogen (secondary N) is 2. The van der Waals surface area contributed by atoms with Crippen molar-refractivity contribution in [2.45, 2.75) is 46.6 Å². The lowest BCUT2D eigenvalue weighted by Gasteiger charge is -2.11. The molecular weight excluding hydrogens is 264 g/mol. The molecule has 1 atom stereocenters. The van der Waals surface area contributed by atoms with Gasteiger partial charge in [0.25, 0.3) is 0 Å². The van der Waals surface area contributed by atoms with Crippen molar-refractivity contribution < 1.29 is 4.79 Å². The fourth-order valence-electron chi connectivity index (χ4n) is 2.40. The van der Waals surface area contributed by atoms with Crippen LogP contribution in [-0.4, -0.2) is 21.1 Å². The van der Waals surface area contributed by atoms with E-state index in [1.54, 1.807) is 0 Å². The highest BCUT2D eigenvalue weighted by Crippen LogP contribution is 2.11. The summed E-state index contributed by atoms with van der Waals surface area (Å²) in [5.74, 6) is 1.39. The third kappa shape index (κ3) is 4.41. The van der Waals surface area contributed by atoms with Crippen LogP contribution >= 0.6 is 0 Å². The first kappa shape index (κ1) is 15.2. The van der Waals surface area contributed by atoms with Gasteiger partial charge in [0.2, 0.25) is 5.91 Å². The zero-order chi connectivity index (χ0) is 15.4. The second-order valence-electron chi connectivity index (χ2n) is 5.56. The van der Waals surface area contributed by atoms with Gasteiger partial charge in [-0.1, -0.05) is 29.3 Å². The topological polar surface area (TPSA) is 70.7 Å². The van der Waals surface area contributed by atoms with Crippen molar-refractivity contribution in [3.63, 3.8) is 0 Å². The first-order valence-electron chi connectivity index (χ1n) is 7.19. The fraction of sp³-hybridized carbons (Fsp3) is 0.438. The number of rotatable bonds is 5. The number of aromatic nitrogens is 3. The van der Waals surface area contributed by atoms with E-state index in [4.69, 9.17) is 0 Å². The molecule has 2 rings (SSSR count). The molecular formula is C16H22N4O. The Bertz CT molecular complexity index is 613. The maximum Gasteiger partial charge on any atom is 0.220 e. The molecule has 1 aromatic heterocycles. The fourth-order valence-corrected chi connectivity index (χ4v) is 2.40. The summed E-state index contributed by atoms with van der Waals surface area (Å²) in [5, 5.41) is 9.77. The highest BCUT2D eigenvalue weighted by atomic mass is 16.1. The summed E-state index contributed by atoms with van der Waals surface area (Å²) in [4.78, 5) is 16.2. The minimum atomic E-state index is -0.179. The number of H-pyrrole nitrogens is 1. The molecule has 0 fully saturated rings. The number of hydrogen-bond acceptors (Lipinski definition) is 3. The number of benzene rings is 1. The summed E-state index contributed by atoms with van der Waals surface area (Å²) in [5.41, 5.74) is 3.66. The third-order valence-corrected chi connectivity index (χ3v) is 3.30. The predicted octanol–water partition coefficient (Wildman–Crippen LogP) is 2.54. The molecule has 1 heterocycles. The van der Waals surface area contributed by atoms with Crippen molar-refractivity contribution in [1.82, 2.24) is 20.5 Å². The molecule has 1 amide bonds. The van der Waals surface area contributed by atoms with Gasteiger partial charge in [0, 0.05) is 6.42 Å². The molecule has 0 spiro atoms. The van der Waals surface area contributed by atoms with Gasteiger partial charge in [-0.25, -0.2) is 4.98 Å². The van der Waals surface area contributed by atoms with Crippen LogP contribution in [0.2, 0.25) is 0 Å². The zero-order valence-electron chi connectivity index (χ0n) is 13.0. The van der Waals surface area contributed by atoms with Crippen LogP contribution in [-0.2, 0) is 11.2 Å². The van der Waals surface area contributed by atoms with Crippen molar-refractivity contribution in [2.75, 3.05) is 0 Å². The van der Waals surface area contributed by atoms with E-state index in [0.29, 0.717) is 12.2 Å². The average molecular weight is 286 g/mol. The van der Waals surface area contributed by atoms with Gasteiger partial charge in [0.05, 0.1) is 6.04 Å². The van der Waals surface area contributed by atoms with Gasteiger partial charge in [-0.3, -0.25) is 9.89 Å². The molecule has 0 aliphatic carbocycles. The molecule has 21 heavy (non-hydrogen) atoms. The second kappa shape index (κ2) is 6.52. The van der Waals surface area contributed by atoms with Gasteiger partial charge in [-0.15, -0.1) is 0 Å². The van der Waals surface area contributed by atoms with Crippen molar-refractivity contribution in [3.8, 4) is 0 Å². The average Bonchev–Trinajstić information content (AvgIpc) is 2.82. The van der Waals surface area contributed by atoms with Crippen LogP contribution in [0.4, 0.5) is 0 Å². The van der Waals surface area contributed by atoms with E-state index in [0.717, 1.165) is 12.2 Å². The van der Waals surface area contributed by atoms with Crippen LogP contribution in [0.25, 0.3) is 0 Å². The van der Waals surface area contributed by atoms with E-state index in [2.05, 4.69) is 52.5 Å². The molecule has 5 nitrogen and oxygen atoms in total. The summed E-state index contributed by atoms with van der Waals surface area (Å²) in [7, 11) is 0. The Morgan fingerprint density at radius 1 is 1.24 bits per heavy atom. The maximum absolute atomic E-state index is 12.0. The standard InChI is InChI=1S/C16H22N4O/c1-10-7-11(2)9-14(8-10)5-6-15(21)17-12(3)16-18-13(4)19-20-16/h7-9,12H,5-6H2,1-4H3,(H,17,21)(H,18,19,20)/t12-/m1/s1. The van der Waals surface area contributed by atoms with Crippen molar-refractivity contribution in [3.05, 3.63) is 46.5 Å². The SMILES string of the molecule is Cc1cc(C)cc(CCC(=O)N[C@H](C)c2n[nH]c(C)n2)c1. The predicted molar refractivity (Wildman–Crippen MR) is 81.9 cm³/mol. The number of amides is 1. The summed E-state index contributed by atoms with van der Waals surface area (Å²) < 4.78 is 0. The molecule has 0 saturated carbocycles. The van der Waals surface area contributed by atoms with Crippen LogP contribution in [0, 0.1) is 20.8 Å². The lowest BCUT2D eigenvalue weighted by atomic mass is 10.0. The van der Waals surface area contributed by atoms with Gasteiger partial charge in [0.1, 0.15) is 5.82 Å². The van der Waals surface area contributed by atoms with Crippen LogP contribution in [0.5, 0.6) is 0 Å². The minimum absolute atomic E-state index is 0.0177. The molecule has 2 N–H and O–H groups in total. The van der Waals surface area contributed by atoms with Crippen LogP contribution < -0.4 is 5.32 Å². The quantitative estimate of drug-likeness (QED) is 0.887. The molecule has 0 radical (unpaired) electrons. The number of hydrogen-bond donors (Lipinski definition) is 2. The minimum Gasteiger partial charge on any atom is -0.346 e. The molecule has 5 heteroatoms. The summed E-state index contributed by atoms with van der Waals surface area (Å²) >= 11 is 0. The Kier molecular flexibility index (Phi) is 4.73.